The highest BCUT2D eigenvalue weighted by Crippen LogP contribution is 2.36. The SMILES string of the molecule is CCCC(SCc1ccc(Cl)cc1)c1ccc(CC(=O)Nc2c(SC)cc(C)nc2SC)cc1. The number of amides is 1. The minimum atomic E-state index is -0.0220. The van der Waals surface area contributed by atoms with Crippen LogP contribution in [-0.2, 0) is 17.0 Å². The minimum absolute atomic E-state index is 0.0220. The molecular formula is C27H31ClN2OS3. The molecule has 34 heavy (non-hydrogen) atoms. The number of nitrogens with zero attached hydrogens (tertiary/aromatic N) is 1. The first-order chi connectivity index (χ1) is 16.4. The van der Waals surface area contributed by atoms with Gasteiger partial charge in [0.15, 0.2) is 0 Å². The second-order valence-corrected chi connectivity index (χ2v) is 11.3. The molecule has 1 atom stereocenters. The van der Waals surface area contributed by atoms with E-state index in [9.17, 15) is 4.79 Å². The zero-order chi connectivity index (χ0) is 24.5. The van der Waals surface area contributed by atoms with E-state index >= 15 is 0 Å². The van der Waals surface area contributed by atoms with Gasteiger partial charge in [-0.05, 0) is 60.7 Å². The largest absolute Gasteiger partial charge is 0.323 e. The third kappa shape index (κ3) is 7.70. The molecule has 3 aromatic rings. The Hall–Kier alpha value is -1.60. The number of carbonyl (C=O) groups excluding carboxylic acids is 1. The molecule has 0 saturated heterocycles. The zero-order valence-corrected chi connectivity index (χ0v) is 23.3. The predicted octanol–water partition coefficient (Wildman–Crippen LogP) is 8.44. The van der Waals surface area contributed by atoms with E-state index in [2.05, 4.69) is 53.6 Å². The van der Waals surface area contributed by atoms with Crippen molar-refractivity contribution in [3.8, 4) is 0 Å². The lowest BCUT2D eigenvalue weighted by molar-refractivity contribution is -0.115. The maximum absolute atomic E-state index is 12.8. The van der Waals surface area contributed by atoms with Crippen molar-refractivity contribution in [3.05, 3.63) is 82.0 Å². The van der Waals surface area contributed by atoms with E-state index in [0.717, 1.165) is 50.5 Å². The van der Waals surface area contributed by atoms with E-state index in [1.165, 1.54) is 11.1 Å². The molecule has 0 radical (unpaired) electrons. The summed E-state index contributed by atoms with van der Waals surface area (Å²) >= 11 is 11.1. The van der Waals surface area contributed by atoms with Crippen molar-refractivity contribution < 1.29 is 4.79 Å². The number of benzene rings is 2. The molecule has 0 aliphatic heterocycles. The Morgan fingerprint density at radius 2 is 1.71 bits per heavy atom. The fourth-order valence-corrected chi connectivity index (χ4v) is 6.41. The quantitative estimate of drug-likeness (QED) is 0.252. The molecule has 1 N–H and O–H groups in total. The van der Waals surface area contributed by atoms with Crippen molar-refractivity contribution in [3.63, 3.8) is 0 Å². The Labute approximate surface area is 221 Å². The van der Waals surface area contributed by atoms with E-state index in [0.29, 0.717) is 11.7 Å². The van der Waals surface area contributed by atoms with Gasteiger partial charge in [-0.3, -0.25) is 4.79 Å². The van der Waals surface area contributed by atoms with E-state index in [1.54, 1.807) is 23.5 Å². The van der Waals surface area contributed by atoms with Gasteiger partial charge in [-0.1, -0.05) is 61.3 Å². The summed E-state index contributed by atoms with van der Waals surface area (Å²) in [5.74, 6) is 0.929. The summed E-state index contributed by atoms with van der Waals surface area (Å²) in [5, 5.41) is 5.15. The Kier molecular flexibility index (Phi) is 10.7. The van der Waals surface area contributed by atoms with Gasteiger partial charge in [0.05, 0.1) is 12.1 Å². The van der Waals surface area contributed by atoms with Crippen LogP contribution in [0.2, 0.25) is 5.02 Å². The van der Waals surface area contributed by atoms with Gasteiger partial charge < -0.3 is 5.32 Å². The fraction of sp³-hybridized carbons (Fsp3) is 0.333. The summed E-state index contributed by atoms with van der Waals surface area (Å²) in [6.07, 6.45) is 6.59. The molecule has 0 aliphatic rings. The molecular weight excluding hydrogens is 500 g/mol. The lowest BCUT2D eigenvalue weighted by Crippen LogP contribution is -2.16. The smallest absolute Gasteiger partial charge is 0.228 e. The van der Waals surface area contributed by atoms with Crippen LogP contribution >= 0.6 is 46.9 Å². The highest BCUT2D eigenvalue weighted by Gasteiger charge is 2.15. The van der Waals surface area contributed by atoms with Crippen molar-refractivity contribution in [1.29, 1.82) is 0 Å². The van der Waals surface area contributed by atoms with Crippen molar-refractivity contribution >= 4 is 58.5 Å². The molecule has 1 aromatic heterocycles. The molecule has 0 fully saturated rings. The van der Waals surface area contributed by atoms with Crippen LogP contribution in [0.5, 0.6) is 0 Å². The van der Waals surface area contributed by atoms with Crippen LogP contribution in [0.25, 0.3) is 0 Å². The Balaban J connectivity index is 1.65. The number of anilines is 1. The van der Waals surface area contributed by atoms with Gasteiger partial charge in [0, 0.05) is 26.6 Å². The number of pyridine rings is 1. The van der Waals surface area contributed by atoms with Crippen LogP contribution in [0.3, 0.4) is 0 Å². The van der Waals surface area contributed by atoms with Gasteiger partial charge in [0.1, 0.15) is 5.03 Å². The highest BCUT2D eigenvalue weighted by molar-refractivity contribution is 7.99. The molecule has 1 unspecified atom stereocenters. The van der Waals surface area contributed by atoms with Crippen molar-refractivity contribution in [1.82, 2.24) is 4.98 Å². The van der Waals surface area contributed by atoms with Crippen LogP contribution in [0.1, 0.15) is 47.4 Å². The third-order valence-electron chi connectivity index (χ3n) is 5.39. The van der Waals surface area contributed by atoms with Gasteiger partial charge in [-0.2, -0.15) is 0 Å². The minimum Gasteiger partial charge on any atom is -0.323 e. The van der Waals surface area contributed by atoms with Gasteiger partial charge in [-0.25, -0.2) is 4.98 Å². The Morgan fingerprint density at radius 1 is 1.03 bits per heavy atom. The van der Waals surface area contributed by atoms with E-state index in [-0.39, 0.29) is 5.91 Å². The second kappa shape index (κ2) is 13.5. The van der Waals surface area contributed by atoms with Gasteiger partial charge >= 0.3 is 0 Å². The second-order valence-electron chi connectivity index (χ2n) is 8.03. The number of hydrogen-bond acceptors (Lipinski definition) is 5. The highest BCUT2D eigenvalue weighted by atomic mass is 35.5. The summed E-state index contributed by atoms with van der Waals surface area (Å²) in [7, 11) is 0. The molecule has 180 valence electrons. The summed E-state index contributed by atoms with van der Waals surface area (Å²) in [4.78, 5) is 18.5. The molecule has 2 aromatic carbocycles. The van der Waals surface area contributed by atoms with Crippen molar-refractivity contribution in [2.24, 2.45) is 0 Å². The van der Waals surface area contributed by atoms with Crippen LogP contribution in [0.15, 0.2) is 64.5 Å². The van der Waals surface area contributed by atoms with E-state index in [1.807, 2.05) is 49.4 Å². The molecule has 0 aliphatic carbocycles. The molecule has 0 saturated carbocycles. The molecule has 3 nitrogen and oxygen atoms in total. The molecule has 1 amide bonds. The molecule has 7 heteroatoms. The Bertz CT molecular complexity index is 1060. The number of aryl methyl sites for hydroxylation is 1. The first kappa shape index (κ1) is 27.0. The maximum Gasteiger partial charge on any atom is 0.228 e. The first-order valence-electron chi connectivity index (χ1n) is 11.3. The lowest BCUT2D eigenvalue weighted by atomic mass is 10.0. The first-order valence-corrected chi connectivity index (χ1v) is 15.2. The number of hydrogen-bond donors (Lipinski definition) is 1. The summed E-state index contributed by atoms with van der Waals surface area (Å²) in [6, 6.07) is 18.6. The molecule has 0 spiro atoms. The average molecular weight is 531 g/mol. The number of thioether (sulfide) groups is 3. The monoisotopic (exact) mass is 530 g/mol. The number of nitrogens with one attached hydrogen (secondary N) is 1. The van der Waals surface area contributed by atoms with Gasteiger partial charge in [0.25, 0.3) is 0 Å². The number of carbonyl (C=O) groups is 1. The standard InChI is InChI=1S/C27H31ClN2OS3/c1-5-6-23(34-17-20-9-13-22(28)14-10-20)21-11-7-19(8-12-21)16-25(31)30-26-24(32-3)15-18(2)29-27(26)33-4/h7-15,23H,5-6,16-17H2,1-4H3,(H,30,31). The van der Waals surface area contributed by atoms with E-state index in [4.69, 9.17) is 11.6 Å². The predicted molar refractivity (Wildman–Crippen MR) is 152 cm³/mol. The molecule has 1 heterocycles. The molecule has 0 bridgehead atoms. The van der Waals surface area contributed by atoms with Gasteiger partial charge in [0.2, 0.25) is 5.91 Å². The Morgan fingerprint density at radius 3 is 2.32 bits per heavy atom. The summed E-state index contributed by atoms with van der Waals surface area (Å²) < 4.78 is 0. The van der Waals surface area contributed by atoms with Gasteiger partial charge in [-0.15, -0.1) is 35.3 Å². The van der Waals surface area contributed by atoms with Crippen LogP contribution in [-0.4, -0.2) is 23.4 Å². The van der Waals surface area contributed by atoms with Crippen LogP contribution in [0.4, 0.5) is 5.69 Å². The van der Waals surface area contributed by atoms with E-state index < -0.39 is 0 Å². The normalized spacial score (nSPS) is 11.9. The number of aromatic nitrogens is 1. The van der Waals surface area contributed by atoms with Crippen LogP contribution in [0, 0.1) is 6.92 Å². The maximum atomic E-state index is 12.8. The summed E-state index contributed by atoms with van der Waals surface area (Å²) in [5.41, 5.74) is 5.37. The summed E-state index contributed by atoms with van der Waals surface area (Å²) in [6.45, 7) is 4.20. The fourth-order valence-electron chi connectivity index (χ4n) is 3.64. The zero-order valence-electron chi connectivity index (χ0n) is 20.1. The lowest BCUT2D eigenvalue weighted by Gasteiger charge is -2.17. The average Bonchev–Trinajstić information content (AvgIpc) is 2.84. The third-order valence-corrected chi connectivity index (χ3v) is 8.49. The number of halogens is 1. The molecule has 3 rings (SSSR count). The van der Waals surface area contributed by atoms with Crippen molar-refractivity contribution in [2.75, 3.05) is 17.8 Å². The van der Waals surface area contributed by atoms with Crippen LogP contribution < -0.4 is 5.32 Å². The van der Waals surface area contributed by atoms with Crippen molar-refractivity contribution in [2.45, 2.75) is 54.0 Å². The number of rotatable bonds is 11. The topological polar surface area (TPSA) is 42.0 Å².